The molecule has 0 aliphatic rings. The van der Waals surface area contributed by atoms with Crippen LogP contribution in [0.5, 0.6) is 0 Å². The van der Waals surface area contributed by atoms with Gasteiger partial charge in [0.15, 0.2) is 0 Å². The van der Waals surface area contributed by atoms with Crippen molar-refractivity contribution in [1.82, 2.24) is 10.4 Å². The number of aromatic nitrogens is 1. The fraction of sp³-hybridized carbons (Fsp3) is 0.250. The van der Waals surface area contributed by atoms with Crippen LogP contribution in [-0.2, 0) is 11.2 Å². The lowest BCUT2D eigenvalue weighted by Gasteiger charge is -2.10. The maximum absolute atomic E-state index is 12.6. The van der Waals surface area contributed by atoms with E-state index in [0.717, 1.165) is 34.1 Å². The number of anilines is 1. The number of aryl methyl sites for hydroxylation is 3. The molecule has 0 fully saturated rings. The first kappa shape index (κ1) is 21.2. The molecule has 2 N–H and O–H groups in total. The zero-order valence-corrected chi connectivity index (χ0v) is 17.7. The molecule has 0 radical (unpaired) electrons. The SMILES string of the molecule is CCc1ccccc1NC(=O)C/C(C)=N/NC(=O)c1cc2cccc(C)c2nc1C. The van der Waals surface area contributed by atoms with E-state index in [0.29, 0.717) is 17.0 Å². The van der Waals surface area contributed by atoms with Gasteiger partial charge in [-0.25, -0.2) is 5.43 Å². The Morgan fingerprint density at radius 1 is 1.07 bits per heavy atom. The number of hydrazone groups is 1. The van der Waals surface area contributed by atoms with Crippen molar-refractivity contribution < 1.29 is 9.59 Å². The number of nitrogens with one attached hydrogen (secondary N) is 2. The van der Waals surface area contributed by atoms with Gasteiger partial charge in [0.05, 0.1) is 23.2 Å². The first-order chi connectivity index (χ1) is 14.4. The van der Waals surface area contributed by atoms with E-state index in [4.69, 9.17) is 0 Å². The summed E-state index contributed by atoms with van der Waals surface area (Å²) in [6, 6.07) is 15.4. The van der Waals surface area contributed by atoms with Crippen LogP contribution in [0.4, 0.5) is 5.69 Å². The van der Waals surface area contributed by atoms with Crippen molar-refractivity contribution in [2.75, 3.05) is 5.32 Å². The topological polar surface area (TPSA) is 83.5 Å². The summed E-state index contributed by atoms with van der Waals surface area (Å²) in [5.41, 5.74) is 7.97. The second-order valence-corrected chi connectivity index (χ2v) is 7.29. The highest BCUT2D eigenvalue weighted by molar-refractivity contribution is 6.06. The summed E-state index contributed by atoms with van der Waals surface area (Å²) >= 11 is 0. The van der Waals surface area contributed by atoms with E-state index in [-0.39, 0.29) is 18.2 Å². The predicted molar refractivity (Wildman–Crippen MR) is 121 cm³/mol. The Bertz CT molecular complexity index is 1140. The van der Waals surface area contributed by atoms with Gasteiger partial charge in [0.25, 0.3) is 5.91 Å². The number of amides is 2. The highest BCUT2D eigenvalue weighted by Gasteiger charge is 2.13. The molecule has 6 heteroatoms. The number of rotatable bonds is 6. The molecule has 0 spiro atoms. The van der Waals surface area contributed by atoms with Gasteiger partial charge in [-0.1, -0.05) is 43.3 Å². The Morgan fingerprint density at radius 2 is 1.83 bits per heavy atom. The minimum absolute atomic E-state index is 0.0898. The molecule has 2 amide bonds. The van der Waals surface area contributed by atoms with Gasteiger partial charge in [0, 0.05) is 16.8 Å². The number of hydrogen-bond donors (Lipinski definition) is 2. The molecule has 154 valence electrons. The molecule has 0 aliphatic heterocycles. The van der Waals surface area contributed by atoms with E-state index in [9.17, 15) is 9.59 Å². The van der Waals surface area contributed by atoms with Crippen LogP contribution in [0.2, 0.25) is 0 Å². The van der Waals surface area contributed by atoms with Crippen molar-refractivity contribution in [3.05, 3.63) is 70.9 Å². The molecule has 1 aromatic heterocycles. The number of carbonyl (C=O) groups is 2. The molecule has 0 saturated carbocycles. The van der Waals surface area contributed by atoms with Crippen LogP contribution in [0, 0.1) is 13.8 Å². The predicted octanol–water partition coefficient (Wildman–Crippen LogP) is 4.55. The summed E-state index contributed by atoms with van der Waals surface area (Å²) in [6.45, 7) is 7.54. The fourth-order valence-electron chi connectivity index (χ4n) is 3.29. The number of carbonyl (C=O) groups excluding carboxylic acids is 2. The number of benzene rings is 2. The van der Waals surface area contributed by atoms with E-state index >= 15 is 0 Å². The van der Waals surface area contributed by atoms with Crippen molar-refractivity contribution in [2.45, 2.75) is 40.5 Å². The van der Waals surface area contributed by atoms with Crippen LogP contribution in [-0.4, -0.2) is 22.5 Å². The molecular formula is C24H26N4O2. The summed E-state index contributed by atoms with van der Waals surface area (Å²) < 4.78 is 0. The maximum Gasteiger partial charge on any atom is 0.273 e. The number of hydrogen-bond acceptors (Lipinski definition) is 4. The summed E-state index contributed by atoms with van der Waals surface area (Å²) in [4.78, 5) is 29.5. The Labute approximate surface area is 176 Å². The summed E-state index contributed by atoms with van der Waals surface area (Å²) in [5.74, 6) is -0.523. The average Bonchev–Trinajstić information content (AvgIpc) is 2.72. The number of pyridine rings is 1. The standard InChI is InChI=1S/C24H26N4O2/c1-5-18-10-6-7-12-21(18)26-22(29)13-16(3)27-28-24(30)20-14-19-11-8-9-15(2)23(19)25-17(20)4/h6-12,14H,5,13H2,1-4H3,(H,26,29)(H,28,30)/b27-16+. The Balaban J connectivity index is 1.66. The van der Waals surface area contributed by atoms with Crippen molar-refractivity contribution in [3.63, 3.8) is 0 Å². The largest absolute Gasteiger partial charge is 0.326 e. The second-order valence-electron chi connectivity index (χ2n) is 7.29. The number of para-hydroxylation sites is 2. The quantitative estimate of drug-likeness (QED) is 0.469. The van der Waals surface area contributed by atoms with Gasteiger partial charge < -0.3 is 5.32 Å². The van der Waals surface area contributed by atoms with Crippen LogP contribution in [0.15, 0.2) is 53.6 Å². The monoisotopic (exact) mass is 402 g/mol. The molecule has 0 saturated heterocycles. The van der Waals surface area contributed by atoms with Crippen LogP contribution in [0.3, 0.4) is 0 Å². The molecule has 30 heavy (non-hydrogen) atoms. The van der Waals surface area contributed by atoms with Crippen molar-refractivity contribution in [1.29, 1.82) is 0 Å². The van der Waals surface area contributed by atoms with Crippen molar-refractivity contribution in [2.24, 2.45) is 5.10 Å². The third-order valence-electron chi connectivity index (χ3n) is 4.92. The van der Waals surface area contributed by atoms with Crippen LogP contribution < -0.4 is 10.7 Å². The minimum Gasteiger partial charge on any atom is -0.326 e. The Morgan fingerprint density at radius 3 is 2.60 bits per heavy atom. The second kappa shape index (κ2) is 9.31. The third kappa shape index (κ3) is 4.89. The maximum atomic E-state index is 12.6. The summed E-state index contributed by atoms with van der Waals surface area (Å²) in [5, 5.41) is 7.90. The lowest BCUT2D eigenvalue weighted by atomic mass is 10.1. The van der Waals surface area contributed by atoms with Crippen LogP contribution >= 0.6 is 0 Å². The molecule has 6 nitrogen and oxygen atoms in total. The lowest BCUT2D eigenvalue weighted by molar-refractivity contribution is -0.115. The Hall–Kier alpha value is -3.54. The normalized spacial score (nSPS) is 11.4. The van der Waals surface area contributed by atoms with Gasteiger partial charge in [-0.3, -0.25) is 14.6 Å². The molecule has 2 aromatic carbocycles. The van der Waals surface area contributed by atoms with Crippen molar-refractivity contribution in [3.8, 4) is 0 Å². The zero-order chi connectivity index (χ0) is 21.7. The van der Waals surface area contributed by atoms with E-state index in [1.165, 1.54) is 0 Å². The van der Waals surface area contributed by atoms with E-state index < -0.39 is 0 Å². The summed E-state index contributed by atoms with van der Waals surface area (Å²) in [6.07, 6.45) is 0.921. The fourth-order valence-corrected chi connectivity index (χ4v) is 3.29. The highest BCUT2D eigenvalue weighted by atomic mass is 16.2. The van der Waals surface area contributed by atoms with E-state index in [1.54, 1.807) is 13.8 Å². The summed E-state index contributed by atoms with van der Waals surface area (Å²) in [7, 11) is 0. The molecule has 0 bridgehead atoms. The molecule has 0 atom stereocenters. The van der Waals surface area contributed by atoms with Gasteiger partial charge in [-0.05, 0) is 50.5 Å². The smallest absolute Gasteiger partial charge is 0.273 e. The van der Waals surface area contributed by atoms with Crippen LogP contribution in [0.25, 0.3) is 10.9 Å². The third-order valence-corrected chi connectivity index (χ3v) is 4.92. The highest BCUT2D eigenvalue weighted by Crippen LogP contribution is 2.20. The van der Waals surface area contributed by atoms with E-state index in [2.05, 4.69) is 20.8 Å². The Kier molecular flexibility index (Phi) is 6.57. The average molecular weight is 402 g/mol. The number of fused-ring (bicyclic) bond motifs is 1. The first-order valence-electron chi connectivity index (χ1n) is 9.97. The molecule has 3 aromatic rings. The molecular weight excluding hydrogens is 376 g/mol. The van der Waals surface area contributed by atoms with Crippen LogP contribution in [0.1, 0.15) is 47.4 Å². The first-order valence-corrected chi connectivity index (χ1v) is 9.97. The molecule has 1 heterocycles. The minimum atomic E-state index is -0.348. The van der Waals surface area contributed by atoms with Gasteiger partial charge in [0.1, 0.15) is 0 Å². The van der Waals surface area contributed by atoms with Gasteiger partial charge >= 0.3 is 0 Å². The zero-order valence-electron chi connectivity index (χ0n) is 17.7. The van der Waals surface area contributed by atoms with Gasteiger partial charge in [-0.2, -0.15) is 5.10 Å². The van der Waals surface area contributed by atoms with Gasteiger partial charge in [0.2, 0.25) is 5.91 Å². The molecule has 0 unspecified atom stereocenters. The lowest BCUT2D eigenvalue weighted by Crippen LogP contribution is -2.22. The molecule has 0 aliphatic carbocycles. The van der Waals surface area contributed by atoms with E-state index in [1.807, 2.05) is 62.4 Å². The van der Waals surface area contributed by atoms with Crippen molar-refractivity contribution >= 4 is 34.1 Å². The van der Waals surface area contributed by atoms with Gasteiger partial charge in [-0.15, -0.1) is 0 Å². The number of nitrogens with zero attached hydrogens (tertiary/aromatic N) is 2. The molecule has 3 rings (SSSR count).